The zero-order valence-electron chi connectivity index (χ0n) is 10.5. The molecular formula is C12H15BF3KO. The first-order valence-corrected chi connectivity index (χ1v) is 5.87. The minimum Gasteiger partial charge on any atom is -0.449 e. The van der Waals surface area contributed by atoms with Crippen LogP contribution in [0.5, 0.6) is 0 Å². The van der Waals surface area contributed by atoms with Gasteiger partial charge >= 0.3 is 58.4 Å². The Bertz CT molecular complexity index is 352. The maximum Gasteiger partial charge on any atom is 1.00 e. The summed E-state index contributed by atoms with van der Waals surface area (Å²) in [6.45, 7) is -3.70. The second kappa shape index (κ2) is 7.45. The summed E-state index contributed by atoms with van der Waals surface area (Å²) in [6.07, 6.45) is 0.497. The molecule has 1 aliphatic rings. The molecule has 0 saturated heterocycles. The van der Waals surface area contributed by atoms with Crippen molar-refractivity contribution in [2.75, 3.05) is 6.61 Å². The van der Waals surface area contributed by atoms with Crippen molar-refractivity contribution < 1.29 is 69.1 Å². The molecule has 1 aliphatic carbocycles. The van der Waals surface area contributed by atoms with E-state index in [0.29, 0.717) is 13.2 Å². The second-order valence-corrected chi connectivity index (χ2v) is 4.72. The van der Waals surface area contributed by atoms with E-state index >= 15 is 0 Å². The minimum absolute atomic E-state index is 0. The number of rotatable bonds is 5. The molecule has 0 radical (unpaired) electrons. The summed E-state index contributed by atoms with van der Waals surface area (Å²) in [5.41, 5.74) is 1.06. The topological polar surface area (TPSA) is 9.23 Å². The van der Waals surface area contributed by atoms with Crippen LogP contribution in [0, 0.1) is 5.92 Å². The third-order valence-corrected chi connectivity index (χ3v) is 3.27. The van der Waals surface area contributed by atoms with Gasteiger partial charge in [0, 0.05) is 6.61 Å². The molecule has 6 heteroatoms. The van der Waals surface area contributed by atoms with Crippen LogP contribution >= 0.6 is 0 Å². The Balaban J connectivity index is 0.00000162. The summed E-state index contributed by atoms with van der Waals surface area (Å²) in [5.74, 6) is -0.951. The standard InChI is InChI=1S/C12H15BF3O.K/c14-13(15,16)12-6-11(7-12)9-17-8-10-4-2-1-3-5-10;/h1-5,11-12H,6-9H2;/q-1;+1. The molecule has 0 unspecified atom stereocenters. The van der Waals surface area contributed by atoms with Crippen molar-refractivity contribution in [2.24, 2.45) is 5.92 Å². The Morgan fingerprint density at radius 3 is 2.28 bits per heavy atom. The van der Waals surface area contributed by atoms with Crippen molar-refractivity contribution in [2.45, 2.75) is 25.3 Å². The maximum atomic E-state index is 12.3. The van der Waals surface area contributed by atoms with E-state index in [2.05, 4.69) is 0 Å². The smallest absolute Gasteiger partial charge is 0.449 e. The fourth-order valence-electron chi connectivity index (χ4n) is 2.15. The molecule has 0 N–H and O–H groups in total. The molecule has 0 amide bonds. The third-order valence-electron chi connectivity index (χ3n) is 3.27. The molecule has 2 rings (SSSR count). The van der Waals surface area contributed by atoms with Gasteiger partial charge in [-0.25, -0.2) is 0 Å². The van der Waals surface area contributed by atoms with E-state index in [-0.39, 0.29) is 70.1 Å². The minimum atomic E-state index is -4.63. The summed E-state index contributed by atoms with van der Waals surface area (Å²) in [4.78, 5) is 0. The van der Waals surface area contributed by atoms with Crippen LogP contribution in [0.25, 0.3) is 0 Å². The largest absolute Gasteiger partial charge is 1.00 e. The van der Waals surface area contributed by atoms with Crippen LogP contribution in [0.2, 0.25) is 5.82 Å². The second-order valence-electron chi connectivity index (χ2n) is 4.72. The van der Waals surface area contributed by atoms with Gasteiger partial charge in [0.05, 0.1) is 6.61 Å². The van der Waals surface area contributed by atoms with E-state index in [1.807, 2.05) is 30.3 Å². The van der Waals surface area contributed by atoms with E-state index < -0.39 is 12.8 Å². The zero-order chi connectivity index (χ0) is 12.3. The summed E-state index contributed by atoms with van der Waals surface area (Å²) in [7, 11) is 0. The van der Waals surface area contributed by atoms with Crippen LogP contribution in [-0.2, 0) is 11.3 Å². The van der Waals surface area contributed by atoms with Gasteiger partial charge in [0.2, 0.25) is 0 Å². The normalized spacial score (nSPS) is 23.1. The molecule has 0 heterocycles. The quantitative estimate of drug-likeness (QED) is 0.727. The first-order valence-electron chi connectivity index (χ1n) is 5.87. The zero-order valence-corrected chi connectivity index (χ0v) is 13.6. The molecule has 94 valence electrons. The van der Waals surface area contributed by atoms with Crippen molar-refractivity contribution in [1.29, 1.82) is 0 Å². The molecule has 1 aromatic carbocycles. The Labute approximate surface area is 148 Å². The number of hydrogen-bond donors (Lipinski definition) is 0. The van der Waals surface area contributed by atoms with Crippen LogP contribution in [0.3, 0.4) is 0 Å². The number of benzene rings is 1. The maximum absolute atomic E-state index is 12.3. The van der Waals surface area contributed by atoms with E-state index in [4.69, 9.17) is 4.74 Å². The molecule has 0 atom stereocenters. The van der Waals surface area contributed by atoms with Gasteiger partial charge in [-0.1, -0.05) is 49.0 Å². The van der Waals surface area contributed by atoms with Crippen molar-refractivity contribution in [3.8, 4) is 0 Å². The predicted octanol–water partition coefficient (Wildman–Crippen LogP) is 0.835. The third kappa shape index (κ3) is 4.98. The number of ether oxygens (including phenoxy) is 1. The number of halogens is 3. The van der Waals surface area contributed by atoms with Crippen LogP contribution in [-0.4, -0.2) is 13.6 Å². The molecule has 1 fully saturated rings. The number of hydrogen-bond acceptors (Lipinski definition) is 1. The fourth-order valence-corrected chi connectivity index (χ4v) is 2.15. The Morgan fingerprint density at radius 2 is 1.72 bits per heavy atom. The van der Waals surface area contributed by atoms with Crippen molar-refractivity contribution in [1.82, 2.24) is 0 Å². The van der Waals surface area contributed by atoms with Gasteiger partial charge < -0.3 is 17.7 Å². The van der Waals surface area contributed by atoms with E-state index in [1.54, 1.807) is 0 Å². The van der Waals surface area contributed by atoms with Crippen LogP contribution in [0.4, 0.5) is 12.9 Å². The average Bonchev–Trinajstić information content (AvgIpc) is 2.21. The van der Waals surface area contributed by atoms with E-state index in [1.165, 1.54) is 0 Å². The molecule has 1 nitrogen and oxygen atoms in total. The summed E-state index contributed by atoms with van der Waals surface area (Å²) < 4.78 is 42.3. The molecule has 1 saturated carbocycles. The van der Waals surface area contributed by atoms with Crippen LogP contribution < -0.4 is 51.4 Å². The van der Waals surface area contributed by atoms with E-state index in [0.717, 1.165) is 5.56 Å². The van der Waals surface area contributed by atoms with Crippen LogP contribution in [0.15, 0.2) is 30.3 Å². The molecule has 0 spiro atoms. The van der Waals surface area contributed by atoms with Gasteiger partial charge in [0.25, 0.3) is 0 Å². The van der Waals surface area contributed by atoms with Gasteiger partial charge in [-0.2, -0.15) is 0 Å². The van der Waals surface area contributed by atoms with E-state index in [9.17, 15) is 12.9 Å². The van der Waals surface area contributed by atoms with Gasteiger partial charge in [-0.05, 0) is 11.5 Å². The predicted molar refractivity (Wildman–Crippen MR) is 61.7 cm³/mol. The summed E-state index contributed by atoms with van der Waals surface area (Å²) in [5, 5.41) is 0. The SMILES string of the molecule is F[B-](F)(F)C1CC(COCc2ccccc2)C1.[K+]. The fraction of sp³-hybridized carbons (Fsp3) is 0.500. The molecular weight excluding hydrogens is 267 g/mol. The monoisotopic (exact) mass is 282 g/mol. The van der Waals surface area contributed by atoms with Crippen molar-refractivity contribution in [3.05, 3.63) is 35.9 Å². The molecule has 0 bridgehead atoms. The van der Waals surface area contributed by atoms with Gasteiger partial charge in [-0.15, -0.1) is 0 Å². The first kappa shape index (κ1) is 16.7. The molecule has 0 aromatic heterocycles. The summed E-state index contributed by atoms with van der Waals surface area (Å²) in [6, 6.07) is 9.66. The van der Waals surface area contributed by atoms with Crippen molar-refractivity contribution in [3.63, 3.8) is 0 Å². The first-order chi connectivity index (χ1) is 8.05. The Hall–Kier alpha value is 0.671. The van der Waals surface area contributed by atoms with Crippen LogP contribution in [0.1, 0.15) is 18.4 Å². The molecule has 18 heavy (non-hydrogen) atoms. The van der Waals surface area contributed by atoms with Gasteiger partial charge in [-0.3, -0.25) is 0 Å². The molecule has 0 aliphatic heterocycles. The Morgan fingerprint density at radius 1 is 1.11 bits per heavy atom. The summed E-state index contributed by atoms with van der Waals surface area (Å²) >= 11 is 0. The van der Waals surface area contributed by atoms with Gasteiger partial charge in [0.15, 0.2) is 0 Å². The average molecular weight is 282 g/mol. The van der Waals surface area contributed by atoms with Gasteiger partial charge in [0.1, 0.15) is 0 Å². The Kier molecular flexibility index (Phi) is 6.92. The molecule has 1 aromatic rings. The van der Waals surface area contributed by atoms with Crippen molar-refractivity contribution >= 4 is 6.98 Å².